The van der Waals surface area contributed by atoms with E-state index in [9.17, 15) is 0 Å². The summed E-state index contributed by atoms with van der Waals surface area (Å²) in [7, 11) is 0. The molecule has 0 bridgehead atoms. The monoisotopic (exact) mass is 187 g/mol. The second-order valence-electron chi connectivity index (χ2n) is 4.06. The van der Waals surface area contributed by atoms with Crippen molar-refractivity contribution in [2.75, 3.05) is 6.54 Å². The van der Waals surface area contributed by atoms with E-state index in [-0.39, 0.29) is 0 Å². The topological polar surface area (TPSA) is 3.24 Å². The van der Waals surface area contributed by atoms with Crippen LogP contribution in [0.1, 0.15) is 18.9 Å². The van der Waals surface area contributed by atoms with Gasteiger partial charge in [0.15, 0.2) is 0 Å². The van der Waals surface area contributed by atoms with Crippen LogP contribution < -0.4 is 0 Å². The highest BCUT2D eigenvalue weighted by Gasteiger charge is 2.08. The second kappa shape index (κ2) is 4.32. The Kier molecular flexibility index (Phi) is 2.87. The van der Waals surface area contributed by atoms with Gasteiger partial charge in [-0.05, 0) is 24.1 Å². The molecule has 1 heterocycles. The Bertz CT molecular complexity index is 302. The Hall–Kier alpha value is -1.24. The van der Waals surface area contributed by atoms with Gasteiger partial charge in [-0.25, -0.2) is 0 Å². The van der Waals surface area contributed by atoms with E-state index in [1.54, 1.807) is 0 Å². The minimum Gasteiger partial charge on any atom is -0.373 e. The van der Waals surface area contributed by atoms with Crippen LogP contribution in [0, 0.1) is 5.92 Å². The molecule has 1 nitrogen and oxygen atoms in total. The fraction of sp³-hybridized carbons (Fsp3) is 0.385. The van der Waals surface area contributed by atoms with Gasteiger partial charge in [0, 0.05) is 13.1 Å². The van der Waals surface area contributed by atoms with Crippen molar-refractivity contribution in [2.24, 2.45) is 5.92 Å². The maximum atomic E-state index is 2.38. The third-order valence-corrected chi connectivity index (χ3v) is 2.73. The van der Waals surface area contributed by atoms with Crippen LogP contribution in [0.25, 0.3) is 0 Å². The molecule has 0 radical (unpaired) electrons. The quantitative estimate of drug-likeness (QED) is 0.688. The van der Waals surface area contributed by atoms with Gasteiger partial charge in [0.05, 0.1) is 0 Å². The van der Waals surface area contributed by atoms with E-state index in [1.165, 1.54) is 18.5 Å². The Balaban J connectivity index is 1.96. The van der Waals surface area contributed by atoms with Crippen LogP contribution in [0.4, 0.5) is 0 Å². The van der Waals surface area contributed by atoms with Gasteiger partial charge in [-0.1, -0.05) is 43.3 Å². The number of allylic oxidation sites excluding steroid dienone is 1. The van der Waals surface area contributed by atoms with Crippen molar-refractivity contribution in [3.8, 4) is 0 Å². The molecule has 14 heavy (non-hydrogen) atoms. The molecule has 1 aromatic rings. The van der Waals surface area contributed by atoms with Gasteiger partial charge in [0.2, 0.25) is 0 Å². The molecule has 0 aromatic heterocycles. The van der Waals surface area contributed by atoms with E-state index >= 15 is 0 Å². The maximum Gasteiger partial charge on any atom is 0.0423 e. The average Bonchev–Trinajstić information content (AvgIpc) is 2.23. The number of nitrogens with zero attached hydrogens (tertiary/aromatic N) is 1. The molecule has 0 saturated carbocycles. The molecule has 0 fully saturated rings. The van der Waals surface area contributed by atoms with Crippen LogP contribution in [-0.4, -0.2) is 11.4 Å². The van der Waals surface area contributed by atoms with Crippen LogP contribution >= 0.6 is 0 Å². The summed E-state index contributed by atoms with van der Waals surface area (Å²) >= 11 is 0. The lowest BCUT2D eigenvalue weighted by molar-refractivity contribution is 0.323. The summed E-state index contributed by atoms with van der Waals surface area (Å²) in [6.07, 6.45) is 5.82. The van der Waals surface area contributed by atoms with E-state index in [4.69, 9.17) is 0 Å². The highest BCUT2D eigenvalue weighted by molar-refractivity contribution is 5.15. The van der Waals surface area contributed by atoms with E-state index < -0.39 is 0 Å². The zero-order chi connectivity index (χ0) is 9.80. The number of hydrogen-bond donors (Lipinski definition) is 0. The van der Waals surface area contributed by atoms with Gasteiger partial charge < -0.3 is 4.90 Å². The number of rotatable bonds is 2. The summed E-state index contributed by atoms with van der Waals surface area (Å²) in [5.74, 6) is 0.752. The summed E-state index contributed by atoms with van der Waals surface area (Å²) in [5, 5.41) is 0. The summed E-state index contributed by atoms with van der Waals surface area (Å²) in [4.78, 5) is 2.38. The SMILES string of the molecule is CC1C=CN(Cc2ccccc2)CC1. The van der Waals surface area contributed by atoms with Crippen molar-refractivity contribution in [1.82, 2.24) is 4.90 Å². The van der Waals surface area contributed by atoms with Gasteiger partial charge in [0.1, 0.15) is 0 Å². The Morgan fingerprint density at radius 1 is 1.29 bits per heavy atom. The van der Waals surface area contributed by atoms with E-state index in [2.05, 4.69) is 54.4 Å². The summed E-state index contributed by atoms with van der Waals surface area (Å²) in [6, 6.07) is 10.6. The van der Waals surface area contributed by atoms with Crippen LogP contribution in [0.5, 0.6) is 0 Å². The summed E-state index contributed by atoms with van der Waals surface area (Å²) in [6.45, 7) is 4.51. The summed E-state index contributed by atoms with van der Waals surface area (Å²) in [5.41, 5.74) is 1.40. The smallest absolute Gasteiger partial charge is 0.0423 e. The van der Waals surface area contributed by atoms with E-state index in [0.717, 1.165) is 12.5 Å². The first-order valence-electron chi connectivity index (χ1n) is 5.31. The highest BCUT2D eigenvalue weighted by atomic mass is 15.1. The normalized spacial score (nSPS) is 21.2. The molecular formula is C13H17N. The first kappa shape index (κ1) is 9.32. The van der Waals surface area contributed by atoms with E-state index in [1.807, 2.05) is 0 Å². The molecule has 74 valence electrons. The van der Waals surface area contributed by atoms with E-state index in [0.29, 0.717) is 0 Å². The van der Waals surface area contributed by atoms with Crippen LogP contribution in [0.3, 0.4) is 0 Å². The maximum absolute atomic E-state index is 2.38. The third-order valence-electron chi connectivity index (χ3n) is 2.73. The Morgan fingerprint density at radius 2 is 2.07 bits per heavy atom. The molecule has 0 aliphatic carbocycles. The zero-order valence-corrected chi connectivity index (χ0v) is 8.69. The van der Waals surface area contributed by atoms with Gasteiger partial charge in [-0.3, -0.25) is 0 Å². The molecule has 0 saturated heterocycles. The fourth-order valence-corrected chi connectivity index (χ4v) is 1.76. The minimum atomic E-state index is 0.752. The molecule has 2 rings (SSSR count). The van der Waals surface area contributed by atoms with Crippen molar-refractivity contribution in [3.63, 3.8) is 0 Å². The van der Waals surface area contributed by atoms with Crippen molar-refractivity contribution in [2.45, 2.75) is 19.9 Å². The van der Waals surface area contributed by atoms with Crippen LogP contribution in [0.15, 0.2) is 42.6 Å². The lowest BCUT2D eigenvalue weighted by Gasteiger charge is -2.26. The molecule has 0 spiro atoms. The molecule has 1 aliphatic heterocycles. The van der Waals surface area contributed by atoms with Crippen LogP contribution in [0.2, 0.25) is 0 Å². The lowest BCUT2D eigenvalue weighted by Crippen LogP contribution is -2.23. The first-order chi connectivity index (χ1) is 6.84. The molecule has 0 N–H and O–H groups in total. The first-order valence-corrected chi connectivity index (χ1v) is 5.31. The number of hydrogen-bond acceptors (Lipinski definition) is 1. The molecule has 1 unspecified atom stereocenters. The standard InChI is InChI=1S/C13H17N/c1-12-7-9-14(10-8-12)11-13-5-3-2-4-6-13/h2-7,9,12H,8,10-11H2,1H3. The van der Waals surface area contributed by atoms with Gasteiger partial charge in [-0.15, -0.1) is 0 Å². The predicted molar refractivity (Wildman–Crippen MR) is 59.8 cm³/mol. The van der Waals surface area contributed by atoms with Gasteiger partial charge in [-0.2, -0.15) is 0 Å². The third kappa shape index (κ3) is 2.38. The highest BCUT2D eigenvalue weighted by Crippen LogP contribution is 2.15. The van der Waals surface area contributed by atoms with Crippen molar-refractivity contribution < 1.29 is 0 Å². The molecule has 1 aromatic carbocycles. The Labute approximate surface area is 86.1 Å². The van der Waals surface area contributed by atoms with Gasteiger partial charge in [0.25, 0.3) is 0 Å². The average molecular weight is 187 g/mol. The van der Waals surface area contributed by atoms with Crippen molar-refractivity contribution >= 4 is 0 Å². The molecule has 1 heteroatoms. The predicted octanol–water partition coefficient (Wildman–Crippen LogP) is 3.04. The lowest BCUT2D eigenvalue weighted by atomic mass is 10.0. The second-order valence-corrected chi connectivity index (χ2v) is 4.06. The van der Waals surface area contributed by atoms with Gasteiger partial charge >= 0.3 is 0 Å². The molecular weight excluding hydrogens is 170 g/mol. The molecule has 1 atom stereocenters. The zero-order valence-electron chi connectivity index (χ0n) is 8.69. The number of benzene rings is 1. The Morgan fingerprint density at radius 3 is 2.71 bits per heavy atom. The fourth-order valence-electron chi connectivity index (χ4n) is 1.76. The van der Waals surface area contributed by atoms with Crippen molar-refractivity contribution in [3.05, 3.63) is 48.2 Å². The van der Waals surface area contributed by atoms with Crippen molar-refractivity contribution in [1.29, 1.82) is 0 Å². The van der Waals surface area contributed by atoms with Crippen LogP contribution in [-0.2, 0) is 6.54 Å². The largest absolute Gasteiger partial charge is 0.373 e. The minimum absolute atomic E-state index is 0.752. The summed E-state index contributed by atoms with van der Waals surface area (Å²) < 4.78 is 0. The molecule has 1 aliphatic rings. The molecule has 0 amide bonds.